The fourth-order valence-electron chi connectivity index (χ4n) is 2.97. The number of hydrogen-bond acceptors (Lipinski definition) is 2. The van der Waals surface area contributed by atoms with Gasteiger partial charge in [0.1, 0.15) is 0 Å². The predicted octanol–water partition coefficient (Wildman–Crippen LogP) is 3.26. The molecule has 3 rings (SSSR count). The van der Waals surface area contributed by atoms with Gasteiger partial charge in [-0.2, -0.15) is 0 Å². The molecule has 21 heavy (non-hydrogen) atoms. The van der Waals surface area contributed by atoms with Gasteiger partial charge in [0.05, 0.1) is 6.54 Å². The molecule has 0 fully saturated rings. The minimum Gasteiger partial charge on any atom is -0.325 e. The van der Waals surface area contributed by atoms with E-state index in [9.17, 15) is 4.79 Å². The van der Waals surface area contributed by atoms with Gasteiger partial charge in [-0.3, -0.25) is 9.69 Å². The third-order valence-corrected chi connectivity index (χ3v) is 3.78. The number of aryl methyl sites for hydroxylation is 2. The van der Waals surface area contributed by atoms with Gasteiger partial charge in [0.25, 0.3) is 0 Å². The molecule has 0 unspecified atom stereocenters. The largest absolute Gasteiger partial charge is 0.325 e. The smallest absolute Gasteiger partial charge is 0.238 e. The maximum Gasteiger partial charge on any atom is 0.238 e. The van der Waals surface area contributed by atoms with Crippen LogP contribution in [0, 0.1) is 13.8 Å². The third-order valence-electron chi connectivity index (χ3n) is 3.78. The molecule has 1 N–H and O–H groups in total. The van der Waals surface area contributed by atoms with Crippen LogP contribution in [0.2, 0.25) is 0 Å². The second-order valence-electron chi connectivity index (χ2n) is 5.84. The van der Waals surface area contributed by atoms with Crippen molar-refractivity contribution in [2.75, 3.05) is 11.9 Å². The Morgan fingerprint density at radius 1 is 1.05 bits per heavy atom. The van der Waals surface area contributed by atoms with E-state index in [4.69, 9.17) is 0 Å². The van der Waals surface area contributed by atoms with Gasteiger partial charge in [-0.15, -0.1) is 0 Å². The van der Waals surface area contributed by atoms with Crippen LogP contribution in [-0.2, 0) is 17.9 Å². The molecule has 3 heteroatoms. The van der Waals surface area contributed by atoms with Crippen LogP contribution in [0.15, 0.2) is 42.5 Å². The third kappa shape index (κ3) is 3.31. The molecule has 2 aromatic rings. The lowest BCUT2D eigenvalue weighted by molar-refractivity contribution is -0.117. The molecule has 0 atom stereocenters. The van der Waals surface area contributed by atoms with E-state index in [1.54, 1.807) is 0 Å². The lowest BCUT2D eigenvalue weighted by Gasteiger charge is -2.15. The highest BCUT2D eigenvalue weighted by atomic mass is 16.2. The first-order valence-electron chi connectivity index (χ1n) is 7.27. The number of anilines is 1. The van der Waals surface area contributed by atoms with Crippen LogP contribution >= 0.6 is 0 Å². The Kier molecular flexibility index (Phi) is 3.76. The Morgan fingerprint density at radius 2 is 1.62 bits per heavy atom. The SMILES string of the molecule is Cc1cc(C)cc(NC(=O)CN2Cc3ccccc3C2)c1. The second kappa shape index (κ2) is 5.70. The zero-order chi connectivity index (χ0) is 14.8. The van der Waals surface area contributed by atoms with Crippen LogP contribution < -0.4 is 5.32 Å². The zero-order valence-corrected chi connectivity index (χ0v) is 12.5. The van der Waals surface area contributed by atoms with Crippen molar-refractivity contribution in [1.82, 2.24) is 4.90 Å². The fourth-order valence-corrected chi connectivity index (χ4v) is 2.97. The van der Waals surface area contributed by atoms with Crippen molar-refractivity contribution in [3.63, 3.8) is 0 Å². The number of hydrogen-bond donors (Lipinski definition) is 1. The minimum atomic E-state index is 0.0489. The molecule has 1 heterocycles. The number of carbonyl (C=O) groups excluding carboxylic acids is 1. The predicted molar refractivity (Wildman–Crippen MR) is 85.1 cm³/mol. The molecule has 3 nitrogen and oxygen atoms in total. The zero-order valence-electron chi connectivity index (χ0n) is 12.5. The van der Waals surface area contributed by atoms with Gasteiger partial charge in [0.15, 0.2) is 0 Å². The van der Waals surface area contributed by atoms with Gasteiger partial charge in [-0.05, 0) is 48.2 Å². The molecule has 1 aliphatic heterocycles. The summed E-state index contributed by atoms with van der Waals surface area (Å²) < 4.78 is 0. The van der Waals surface area contributed by atoms with Crippen molar-refractivity contribution >= 4 is 11.6 Å². The Morgan fingerprint density at radius 3 is 2.19 bits per heavy atom. The van der Waals surface area contributed by atoms with Gasteiger partial charge in [0.2, 0.25) is 5.91 Å². The molecule has 0 aliphatic carbocycles. The van der Waals surface area contributed by atoms with Crippen molar-refractivity contribution in [1.29, 1.82) is 0 Å². The summed E-state index contributed by atoms with van der Waals surface area (Å²) in [4.78, 5) is 14.4. The van der Waals surface area contributed by atoms with Gasteiger partial charge in [-0.1, -0.05) is 30.3 Å². The van der Waals surface area contributed by atoms with Gasteiger partial charge >= 0.3 is 0 Å². The molecule has 0 aromatic heterocycles. The first-order chi connectivity index (χ1) is 10.1. The van der Waals surface area contributed by atoms with Crippen LogP contribution in [-0.4, -0.2) is 17.4 Å². The molecule has 2 aromatic carbocycles. The maximum absolute atomic E-state index is 12.2. The summed E-state index contributed by atoms with van der Waals surface area (Å²) in [6, 6.07) is 14.5. The molecular formula is C18H20N2O. The molecule has 0 radical (unpaired) electrons. The lowest BCUT2D eigenvalue weighted by atomic mass is 10.1. The number of fused-ring (bicyclic) bond motifs is 1. The van der Waals surface area contributed by atoms with E-state index in [1.807, 2.05) is 26.0 Å². The van der Waals surface area contributed by atoms with E-state index in [0.29, 0.717) is 6.54 Å². The summed E-state index contributed by atoms with van der Waals surface area (Å²) in [6.07, 6.45) is 0. The van der Waals surface area contributed by atoms with E-state index < -0.39 is 0 Å². The van der Waals surface area contributed by atoms with Crippen molar-refractivity contribution in [3.05, 3.63) is 64.7 Å². The number of amides is 1. The summed E-state index contributed by atoms with van der Waals surface area (Å²) in [5, 5.41) is 3.00. The number of benzene rings is 2. The minimum absolute atomic E-state index is 0.0489. The van der Waals surface area contributed by atoms with E-state index in [-0.39, 0.29) is 5.91 Å². The summed E-state index contributed by atoms with van der Waals surface area (Å²) >= 11 is 0. The number of rotatable bonds is 3. The summed E-state index contributed by atoms with van der Waals surface area (Å²) in [7, 11) is 0. The lowest BCUT2D eigenvalue weighted by Crippen LogP contribution is -2.29. The monoisotopic (exact) mass is 280 g/mol. The van der Waals surface area contributed by atoms with E-state index in [2.05, 4.69) is 40.5 Å². The summed E-state index contributed by atoms with van der Waals surface area (Å²) in [5.74, 6) is 0.0489. The molecule has 0 saturated carbocycles. The molecule has 1 aliphatic rings. The Balaban J connectivity index is 1.61. The summed E-state index contributed by atoms with van der Waals surface area (Å²) in [5.41, 5.74) is 5.88. The quantitative estimate of drug-likeness (QED) is 0.936. The van der Waals surface area contributed by atoms with Crippen LogP contribution in [0.3, 0.4) is 0 Å². The average molecular weight is 280 g/mol. The Hall–Kier alpha value is -2.13. The van der Waals surface area contributed by atoms with Crippen molar-refractivity contribution in [2.24, 2.45) is 0 Å². The van der Waals surface area contributed by atoms with Gasteiger partial charge in [-0.25, -0.2) is 0 Å². The number of nitrogens with one attached hydrogen (secondary N) is 1. The number of carbonyl (C=O) groups is 1. The van der Waals surface area contributed by atoms with Crippen molar-refractivity contribution < 1.29 is 4.79 Å². The highest BCUT2D eigenvalue weighted by Crippen LogP contribution is 2.22. The Labute approximate surface area is 125 Å². The highest BCUT2D eigenvalue weighted by molar-refractivity contribution is 5.92. The molecule has 0 spiro atoms. The van der Waals surface area contributed by atoms with E-state index in [0.717, 1.165) is 18.8 Å². The molecular weight excluding hydrogens is 260 g/mol. The first-order valence-corrected chi connectivity index (χ1v) is 7.27. The number of nitrogens with zero attached hydrogens (tertiary/aromatic N) is 1. The van der Waals surface area contributed by atoms with E-state index >= 15 is 0 Å². The topological polar surface area (TPSA) is 32.3 Å². The van der Waals surface area contributed by atoms with Gasteiger partial charge < -0.3 is 5.32 Å². The van der Waals surface area contributed by atoms with Crippen molar-refractivity contribution in [2.45, 2.75) is 26.9 Å². The molecule has 0 bridgehead atoms. The summed E-state index contributed by atoms with van der Waals surface area (Å²) in [6.45, 7) is 6.23. The van der Waals surface area contributed by atoms with E-state index in [1.165, 1.54) is 22.3 Å². The first kappa shape index (κ1) is 13.8. The average Bonchev–Trinajstić information content (AvgIpc) is 2.78. The highest BCUT2D eigenvalue weighted by Gasteiger charge is 2.20. The standard InChI is InChI=1S/C18H20N2O/c1-13-7-14(2)9-17(8-13)19-18(21)12-20-10-15-5-3-4-6-16(15)11-20/h3-9H,10-12H2,1-2H3,(H,19,21). The van der Waals surface area contributed by atoms with Gasteiger partial charge in [0, 0.05) is 18.8 Å². The molecule has 0 saturated heterocycles. The van der Waals surface area contributed by atoms with Crippen LogP contribution in [0.1, 0.15) is 22.3 Å². The Bertz CT molecular complexity index is 633. The van der Waals surface area contributed by atoms with Crippen molar-refractivity contribution in [3.8, 4) is 0 Å². The van der Waals surface area contributed by atoms with Crippen LogP contribution in [0.25, 0.3) is 0 Å². The van der Waals surface area contributed by atoms with Crippen LogP contribution in [0.5, 0.6) is 0 Å². The molecule has 1 amide bonds. The maximum atomic E-state index is 12.2. The fraction of sp³-hybridized carbons (Fsp3) is 0.278. The normalized spacial score (nSPS) is 14.0. The second-order valence-corrected chi connectivity index (χ2v) is 5.84. The molecule has 108 valence electrons. The van der Waals surface area contributed by atoms with Crippen LogP contribution in [0.4, 0.5) is 5.69 Å².